The summed E-state index contributed by atoms with van der Waals surface area (Å²) in [5.74, 6) is 1.79. The molecule has 2 fully saturated rings. The molecule has 2 saturated heterocycles. The molecule has 2 N–H and O–H groups in total. The van der Waals surface area contributed by atoms with Gasteiger partial charge in [0, 0.05) is 31.4 Å². The predicted molar refractivity (Wildman–Crippen MR) is 92.8 cm³/mol. The molecule has 0 radical (unpaired) electrons. The van der Waals surface area contributed by atoms with Crippen molar-refractivity contribution in [1.82, 2.24) is 15.6 Å². The summed E-state index contributed by atoms with van der Waals surface area (Å²) in [6, 6.07) is 4.62. The number of anilines is 1. The summed E-state index contributed by atoms with van der Waals surface area (Å²) in [7, 11) is 0. The molecule has 2 aliphatic heterocycles. The Bertz CT molecular complexity index is 522. The van der Waals surface area contributed by atoms with Gasteiger partial charge in [0.25, 0.3) is 5.91 Å². The Hall–Kier alpha value is -1.62. The zero-order valence-corrected chi connectivity index (χ0v) is 14.2. The van der Waals surface area contributed by atoms with E-state index in [1.165, 1.54) is 12.8 Å². The molecule has 126 valence electrons. The number of nitrogens with one attached hydrogen (secondary N) is 2. The summed E-state index contributed by atoms with van der Waals surface area (Å²) in [5.41, 5.74) is 0.658. The molecule has 0 aliphatic carbocycles. The van der Waals surface area contributed by atoms with Gasteiger partial charge in [0.1, 0.15) is 5.82 Å². The summed E-state index contributed by atoms with van der Waals surface area (Å²) in [5, 5.41) is 6.54. The Morgan fingerprint density at radius 3 is 2.70 bits per heavy atom. The number of carbonyl (C=O) groups is 1. The van der Waals surface area contributed by atoms with Crippen LogP contribution in [-0.2, 0) is 0 Å². The van der Waals surface area contributed by atoms with Crippen molar-refractivity contribution < 1.29 is 4.79 Å². The number of hydrogen-bond acceptors (Lipinski definition) is 4. The van der Waals surface area contributed by atoms with Crippen molar-refractivity contribution >= 4 is 11.7 Å². The fourth-order valence-corrected chi connectivity index (χ4v) is 3.48. The lowest BCUT2D eigenvalue weighted by molar-refractivity contribution is 0.0925. The Labute approximate surface area is 138 Å². The highest BCUT2D eigenvalue weighted by Crippen LogP contribution is 2.21. The van der Waals surface area contributed by atoms with E-state index in [1.807, 2.05) is 12.1 Å². The van der Waals surface area contributed by atoms with Crippen LogP contribution in [0.25, 0.3) is 0 Å². The van der Waals surface area contributed by atoms with Gasteiger partial charge in [-0.05, 0) is 57.2 Å². The first-order chi connectivity index (χ1) is 11.1. The van der Waals surface area contributed by atoms with Gasteiger partial charge in [-0.2, -0.15) is 0 Å². The molecular weight excluding hydrogens is 288 g/mol. The second-order valence-corrected chi connectivity index (χ2v) is 7.12. The number of pyridine rings is 1. The maximum absolute atomic E-state index is 12.4. The number of piperidine rings is 2. The molecule has 0 aromatic carbocycles. The Morgan fingerprint density at radius 1 is 1.26 bits per heavy atom. The van der Waals surface area contributed by atoms with Gasteiger partial charge >= 0.3 is 0 Å². The lowest BCUT2D eigenvalue weighted by atomic mass is 9.99. The maximum Gasteiger partial charge on any atom is 0.253 e. The van der Waals surface area contributed by atoms with Gasteiger partial charge < -0.3 is 15.5 Å². The zero-order valence-electron chi connectivity index (χ0n) is 14.2. The summed E-state index contributed by atoms with van der Waals surface area (Å²) in [4.78, 5) is 19.2. The average Bonchev–Trinajstić information content (AvgIpc) is 2.56. The molecule has 2 aliphatic rings. The molecule has 2 atom stereocenters. The molecule has 5 nitrogen and oxygen atoms in total. The van der Waals surface area contributed by atoms with Crippen LogP contribution in [0.4, 0.5) is 5.82 Å². The van der Waals surface area contributed by atoms with Gasteiger partial charge in [-0.3, -0.25) is 4.79 Å². The highest BCUT2D eigenvalue weighted by Gasteiger charge is 2.21. The van der Waals surface area contributed by atoms with Crippen LogP contribution >= 0.6 is 0 Å². The standard InChI is InChI=1S/C18H28N4O/c1-13-6-9-22(10-7-13)17-4-3-15(12-20-17)18(23)21-16-5-8-19-14(2)11-16/h3-4,12-14,16,19H,5-11H2,1-2H3,(H,21,23). The lowest BCUT2D eigenvalue weighted by Gasteiger charge is -2.31. The van der Waals surface area contributed by atoms with E-state index in [2.05, 4.69) is 34.4 Å². The van der Waals surface area contributed by atoms with Gasteiger partial charge in [0.15, 0.2) is 0 Å². The third-order valence-corrected chi connectivity index (χ3v) is 5.08. The van der Waals surface area contributed by atoms with Crippen molar-refractivity contribution in [1.29, 1.82) is 0 Å². The zero-order chi connectivity index (χ0) is 16.2. The maximum atomic E-state index is 12.4. The van der Waals surface area contributed by atoms with Gasteiger partial charge in [-0.1, -0.05) is 6.92 Å². The van der Waals surface area contributed by atoms with Crippen LogP contribution in [0, 0.1) is 5.92 Å². The minimum absolute atomic E-state index is 0.00424. The molecule has 3 heterocycles. The number of rotatable bonds is 3. The molecule has 0 bridgehead atoms. The molecule has 5 heteroatoms. The molecule has 23 heavy (non-hydrogen) atoms. The SMILES string of the molecule is CC1CCN(c2ccc(C(=O)NC3CCNC(C)C3)cn2)CC1. The van der Waals surface area contributed by atoms with Crippen LogP contribution in [0.2, 0.25) is 0 Å². The molecule has 0 saturated carbocycles. The van der Waals surface area contributed by atoms with Gasteiger partial charge in [0.05, 0.1) is 5.56 Å². The van der Waals surface area contributed by atoms with Crippen molar-refractivity contribution in [2.24, 2.45) is 5.92 Å². The monoisotopic (exact) mass is 316 g/mol. The molecule has 1 amide bonds. The van der Waals surface area contributed by atoms with E-state index in [0.717, 1.165) is 44.2 Å². The van der Waals surface area contributed by atoms with Crippen LogP contribution in [0.15, 0.2) is 18.3 Å². The number of nitrogens with zero attached hydrogens (tertiary/aromatic N) is 2. The van der Waals surface area contributed by atoms with Crippen molar-refractivity contribution in [2.75, 3.05) is 24.5 Å². The van der Waals surface area contributed by atoms with E-state index in [1.54, 1.807) is 6.20 Å². The van der Waals surface area contributed by atoms with Crippen molar-refractivity contribution in [3.63, 3.8) is 0 Å². The Kier molecular flexibility index (Phi) is 5.16. The van der Waals surface area contributed by atoms with E-state index in [-0.39, 0.29) is 11.9 Å². The van der Waals surface area contributed by atoms with E-state index >= 15 is 0 Å². The summed E-state index contributed by atoms with van der Waals surface area (Å²) in [6.45, 7) is 7.56. The second-order valence-electron chi connectivity index (χ2n) is 7.12. The minimum Gasteiger partial charge on any atom is -0.357 e. The van der Waals surface area contributed by atoms with Crippen LogP contribution in [0.1, 0.15) is 49.9 Å². The van der Waals surface area contributed by atoms with Crippen LogP contribution in [0.5, 0.6) is 0 Å². The van der Waals surface area contributed by atoms with Crippen LogP contribution < -0.4 is 15.5 Å². The predicted octanol–water partition coefficient (Wildman–Crippen LogP) is 2.19. The fourth-order valence-electron chi connectivity index (χ4n) is 3.48. The first-order valence-electron chi connectivity index (χ1n) is 8.87. The Morgan fingerprint density at radius 2 is 2.04 bits per heavy atom. The van der Waals surface area contributed by atoms with Crippen molar-refractivity contribution in [2.45, 2.75) is 51.6 Å². The van der Waals surface area contributed by atoms with Gasteiger partial charge in [-0.25, -0.2) is 4.98 Å². The van der Waals surface area contributed by atoms with Crippen LogP contribution in [-0.4, -0.2) is 42.6 Å². The van der Waals surface area contributed by atoms with E-state index in [0.29, 0.717) is 11.6 Å². The largest absolute Gasteiger partial charge is 0.357 e. The number of hydrogen-bond donors (Lipinski definition) is 2. The molecule has 2 unspecified atom stereocenters. The molecule has 1 aromatic heterocycles. The second kappa shape index (κ2) is 7.30. The van der Waals surface area contributed by atoms with Gasteiger partial charge in [-0.15, -0.1) is 0 Å². The summed E-state index contributed by atoms with van der Waals surface area (Å²) >= 11 is 0. The highest BCUT2D eigenvalue weighted by molar-refractivity contribution is 5.94. The number of aromatic nitrogens is 1. The van der Waals surface area contributed by atoms with E-state index in [9.17, 15) is 4.79 Å². The topological polar surface area (TPSA) is 57.3 Å². The first-order valence-corrected chi connectivity index (χ1v) is 8.87. The fraction of sp³-hybridized carbons (Fsp3) is 0.667. The summed E-state index contributed by atoms with van der Waals surface area (Å²) in [6.07, 6.45) is 6.14. The Balaban J connectivity index is 1.57. The van der Waals surface area contributed by atoms with Crippen LogP contribution in [0.3, 0.4) is 0 Å². The normalized spacial score (nSPS) is 26.1. The number of carbonyl (C=O) groups excluding carboxylic acids is 1. The minimum atomic E-state index is -0.00424. The molecule has 1 aromatic rings. The van der Waals surface area contributed by atoms with Crippen molar-refractivity contribution in [3.05, 3.63) is 23.9 Å². The van der Waals surface area contributed by atoms with Crippen molar-refractivity contribution in [3.8, 4) is 0 Å². The number of amides is 1. The van der Waals surface area contributed by atoms with E-state index < -0.39 is 0 Å². The quantitative estimate of drug-likeness (QED) is 0.897. The van der Waals surface area contributed by atoms with Gasteiger partial charge in [0.2, 0.25) is 0 Å². The highest BCUT2D eigenvalue weighted by atomic mass is 16.1. The molecule has 3 rings (SSSR count). The summed E-state index contributed by atoms with van der Waals surface area (Å²) < 4.78 is 0. The smallest absolute Gasteiger partial charge is 0.253 e. The third kappa shape index (κ3) is 4.22. The van der Waals surface area contributed by atoms with E-state index in [4.69, 9.17) is 0 Å². The average molecular weight is 316 g/mol. The first kappa shape index (κ1) is 16.2. The molecular formula is C18H28N4O. The molecule has 0 spiro atoms. The third-order valence-electron chi connectivity index (χ3n) is 5.08. The lowest BCUT2D eigenvalue weighted by Crippen LogP contribution is -2.46.